The molecule has 0 N–H and O–H groups in total. The summed E-state index contributed by atoms with van der Waals surface area (Å²) in [5, 5.41) is 0.901. The van der Waals surface area contributed by atoms with E-state index in [4.69, 9.17) is 11.6 Å². The number of hydrogen-bond acceptors (Lipinski definition) is 4. The van der Waals surface area contributed by atoms with Crippen molar-refractivity contribution in [3.8, 4) is 0 Å². The molecule has 0 aliphatic carbocycles. The van der Waals surface area contributed by atoms with E-state index in [-0.39, 0.29) is 9.79 Å². The predicted octanol–water partition coefficient (Wildman–Crippen LogP) is 5.40. The van der Waals surface area contributed by atoms with Crippen LogP contribution in [-0.2, 0) is 9.84 Å². The molecule has 0 atom stereocenters. The Morgan fingerprint density at radius 2 is 1.86 bits per heavy atom. The lowest BCUT2D eigenvalue weighted by Crippen LogP contribution is -2.34. The molecule has 4 nitrogen and oxygen atoms in total. The number of piperidine rings is 1. The lowest BCUT2D eigenvalue weighted by Gasteiger charge is -2.34. The summed E-state index contributed by atoms with van der Waals surface area (Å²) < 4.78 is 41.2. The number of halogens is 2. The summed E-state index contributed by atoms with van der Waals surface area (Å²) in [4.78, 5) is 6.56. The molecule has 0 saturated carbocycles. The van der Waals surface area contributed by atoms with E-state index in [2.05, 4.69) is 11.9 Å². The van der Waals surface area contributed by atoms with Crippen LogP contribution in [0.2, 0.25) is 5.02 Å². The largest absolute Gasteiger partial charge is 0.370 e. The number of rotatable bonds is 3. The van der Waals surface area contributed by atoms with Gasteiger partial charge in [-0.05, 0) is 61.6 Å². The van der Waals surface area contributed by atoms with Crippen LogP contribution >= 0.6 is 11.6 Å². The molecular weight excluding hydrogens is 411 g/mol. The monoisotopic (exact) mass is 432 g/mol. The second-order valence-corrected chi connectivity index (χ2v) is 10.0. The van der Waals surface area contributed by atoms with Crippen molar-refractivity contribution in [1.82, 2.24) is 4.98 Å². The third kappa shape index (κ3) is 3.71. The Bertz CT molecular complexity index is 1190. The first-order chi connectivity index (χ1) is 13.8. The number of nitrogens with zero attached hydrogens (tertiary/aromatic N) is 2. The van der Waals surface area contributed by atoms with Crippen LogP contribution < -0.4 is 4.90 Å². The zero-order valence-electron chi connectivity index (χ0n) is 16.3. The summed E-state index contributed by atoms with van der Waals surface area (Å²) in [7, 11) is -3.89. The lowest BCUT2D eigenvalue weighted by molar-refractivity contribution is 0.437. The van der Waals surface area contributed by atoms with Crippen molar-refractivity contribution in [2.75, 3.05) is 18.0 Å². The van der Waals surface area contributed by atoms with Crippen molar-refractivity contribution < 1.29 is 12.8 Å². The topological polar surface area (TPSA) is 50.3 Å². The molecule has 1 saturated heterocycles. The summed E-state index contributed by atoms with van der Waals surface area (Å²) in [6.07, 6.45) is 3.29. The molecule has 0 bridgehead atoms. The Morgan fingerprint density at radius 3 is 2.55 bits per heavy atom. The van der Waals surface area contributed by atoms with E-state index in [1.807, 2.05) is 11.8 Å². The number of hydrogen-bond donors (Lipinski definition) is 0. The molecule has 0 amide bonds. The van der Waals surface area contributed by atoms with Crippen LogP contribution in [0.4, 0.5) is 10.1 Å². The predicted molar refractivity (Wildman–Crippen MR) is 114 cm³/mol. The van der Waals surface area contributed by atoms with Crippen molar-refractivity contribution in [3.63, 3.8) is 0 Å². The summed E-state index contributed by atoms with van der Waals surface area (Å²) in [6, 6.07) is 8.99. The van der Waals surface area contributed by atoms with Gasteiger partial charge in [0.25, 0.3) is 0 Å². The Labute approximate surface area is 175 Å². The minimum Gasteiger partial charge on any atom is -0.370 e. The molecule has 0 spiro atoms. The third-order valence-corrected chi connectivity index (χ3v) is 7.77. The van der Waals surface area contributed by atoms with E-state index in [0.717, 1.165) is 18.4 Å². The Morgan fingerprint density at radius 1 is 1.14 bits per heavy atom. The van der Waals surface area contributed by atoms with Crippen molar-refractivity contribution in [1.29, 1.82) is 0 Å². The molecule has 1 aliphatic rings. The molecule has 7 heteroatoms. The Balaban J connectivity index is 1.96. The van der Waals surface area contributed by atoms with Crippen LogP contribution in [0.25, 0.3) is 10.9 Å². The first-order valence-electron chi connectivity index (χ1n) is 9.62. The number of sulfone groups is 1. The van der Waals surface area contributed by atoms with Gasteiger partial charge in [0.1, 0.15) is 10.7 Å². The van der Waals surface area contributed by atoms with Gasteiger partial charge < -0.3 is 4.90 Å². The summed E-state index contributed by atoms with van der Waals surface area (Å²) in [6.45, 7) is 5.44. The fraction of sp³-hybridized carbons (Fsp3) is 0.318. The van der Waals surface area contributed by atoms with Gasteiger partial charge >= 0.3 is 0 Å². The SMILES string of the molecule is Cc1ccc(S(=O)(=O)c2cnc3ccc(F)cc3c2N2CCC(C)CC2)cc1Cl. The van der Waals surface area contributed by atoms with Gasteiger partial charge in [0.2, 0.25) is 9.84 Å². The second-order valence-electron chi connectivity index (χ2n) is 7.72. The maximum absolute atomic E-state index is 14.1. The second kappa shape index (κ2) is 7.58. The number of benzene rings is 2. The first kappa shape index (κ1) is 20.1. The molecule has 0 unspecified atom stereocenters. The lowest BCUT2D eigenvalue weighted by atomic mass is 9.98. The maximum atomic E-state index is 14.1. The standard InChI is InChI=1S/C22H22ClFN2O2S/c1-14-7-9-26(10-8-14)22-18-11-16(24)4-6-20(18)25-13-21(22)29(27,28)17-5-3-15(2)19(23)12-17/h3-6,11-14H,7-10H2,1-2H3. The highest BCUT2D eigenvalue weighted by molar-refractivity contribution is 7.91. The minimum absolute atomic E-state index is 0.0880. The number of pyridine rings is 1. The van der Waals surface area contributed by atoms with Gasteiger partial charge in [-0.3, -0.25) is 4.98 Å². The molecule has 1 fully saturated rings. The van der Waals surface area contributed by atoms with E-state index in [0.29, 0.717) is 40.6 Å². The zero-order chi connectivity index (χ0) is 20.8. The molecule has 2 aromatic carbocycles. The van der Waals surface area contributed by atoms with Gasteiger partial charge in [0.05, 0.1) is 16.1 Å². The van der Waals surface area contributed by atoms with Crippen molar-refractivity contribution in [2.24, 2.45) is 5.92 Å². The molecule has 1 aliphatic heterocycles. The van der Waals surface area contributed by atoms with Gasteiger partial charge in [-0.2, -0.15) is 0 Å². The summed E-state index contributed by atoms with van der Waals surface area (Å²) >= 11 is 6.19. The van der Waals surface area contributed by atoms with E-state index in [1.165, 1.54) is 24.4 Å². The van der Waals surface area contributed by atoms with Crippen LogP contribution in [0, 0.1) is 18.7 Å². The first-order valence-corrected chi connectivity index (χ1v) is 11.5. The van der Waals surface area contributed by atoms with E-state index < -0.39 is 15.7 Å². The molecule has 2 heterocycles. The quantitative estimate of drug-likeness (QED) is 0.555. The third-order valence-electron chi connectivity index (χ3n) is 5.61. The van der Waals surface area contributed by atoms with Crippen molar-refractivity contribution >= 4 is 38.0 Å². The molecule has 4 rings (SSSR count). The molecular formula is C22H22ClFN2O2S. The van der Waals surface area contributed by atoms with Crippen molar-refractivity contribution in [3.05, 3.63) is 59.0 Å². The maximum Gasteiger partial charge on any atom is 0.210 e. The average molecular weight is 433 g/mol. The van der Waals surface area contributed by atoms with Gasteiger partial charge in [0.15, 0.2) is 0 Å². The van der Waals surface area contributed by atoms with Crippen LogP contribution in [0.5, 0.6) is 0 Å². The van der Waals surface area contributed by atoms with Gasteiger partial charge in [0, 0.05) is 29.7 Å². The van der Waals surface area contributed by atoms with E-state index >= 15 is 0 Å². The smallest absolute Gasteiger partial charge is 0.210 e. The highest BCUT2D eigenvalue weighted by atomic mass is 35.5. The number of anilines is 1. The number of aryl methyl sites for hydroxylation is 1. The molecule has 152 valence electrons. The van der Waals surface area contributed by atoms with E-state index in [1.54, 1.807) is 18.2 Å². The molecule has 0 radical (unpaired) electrons. The van der Waals surface area contributed by atoms with Crippen LogP contribution in [-0.4, -0.2) is 26.5 Å². The Kier molecular flexibility index (Phi) is 5.25. The average Bonchev–Trinajstić information content (AvgIpc) is 2.69. The summed E-state index contributed by atoms with van der Waals surface area (Å²) in [5.41, 5.74) is 1.90. The highest BCUT2D eigenvalue weighted by Crippen LogP contribution is 2.38. The number of aromatic nitrogens is 1. The van der Waals surface area contributed by atoms with Crippen LogP contribution in [0.1, 0.15) is 25.3 Å². The Hall–Kier alpha value is -2.18. The fourth-order valence-corrected chi connectivity index (χ4v) is 5.46. The van der Waals surface area contributed by atoms with E-state index in [9.17, 15) is 12.8 Å². The summed E-state index contributed by atoms with van der Waals surface area (Å²) in [5.74, 6) is 0.158. The fourth-order valence-electron chi connectivity index (χ4n) is 3.76. The molecule has 3 aromatic rings. The zero-order valence-corrected chi connectivity index (χ0v) is 17.9. The molecule has 1 aromatic heterocycles. The molecule has 29 heavy (non-hydrogen) atoms. The number of fused-ring (bicyclic) bond motifs is 1. The van der Waals surface area contributed by atoms with Gasteiger partial charge in [-0.15, -0.1) is 0 Å². The van der Waals surface area contributed by atoms with Crippen LogP contribution in [0.3, 0.4) is 0 Å². The highest BCUT2D eigenvalue weighted by Gasteiger charge is 2.29. The normalized spacial score (nSPS) is 15.8. The van der Waals surface area contributed by atoms with Gasteiger partial charge in [-0.1, -0.05) is 24.6 Å². The minimum atomic E-state index is -3.89. The van der Waals surface area contributed by atoms with Crippen LogP contribution in [0.15, 0.2) is 52.4 Å². The van der Waals surface area contributed by atoms with Gasteiger partial charge in [-0.25, -0.2) is 12.8 Å². The van der Waals surface area contributed by atoms with Crippen molar-refractivity contribution in [2.45, 2.75) is 36.5 Å².